The summed E-state index contributed by atoms with van der Waals surface area (Å²) in [5.41, 5.74) is 3.92. The van der Waals surface area contributed by atoms with Gasteiger partial charge in [-0.1, -0.05) is 51.3 Å². The molecule has 164 valence electrons. The van der Waals surface area contributed by atoms with Gasteiger partial charge in [0.1, 0.15) is 5.82 Å². The predicted molar refractivity (Wildman–Crippen MR) is 130 cm³/mol. The van der Waals surface area contributed by atoms with E-state index in [1.807, 2.05) is 24.3 Å². The average Bonchev–Trinajstić information content (AvgIpc) is 3.22. The number of nitrogens with one attached hydrogen (secondary N) is 2. The standard InChI is InChI=1S/C22H18BrCl2N5O2/c23-14-3-1-2-13(10-14)19-20(17-4-5-26-22(28-17)27-6-7-31)30-21(29-19)18-15(24)8-12(11-32)9-16(18)25/h1-5,8-10,31-32H,6-7,11H2,(H,29,30)(H,26,27,28). The van der Waals surface area contributed by atoms with E-state index < -0.39 is 0 Å². The number of benzene rings is 2. The molecular weight excluding hydrogens is 517 g/mol. The lowest BCUT2D eigenvalue weighted by atomic mass is 10.1. The molecule has 2 aromatic heterocycles. The Hall–Kier alpha value is -2.49. The van der Waals surface area contributed by atoms with Crippen molar-refractivity contribution in [3.05, 3.63) is 68.7 Å². The molecule has 2 heterocycles. The first-order chi connectivity index (χ1) is 15.5. The number of hydrogen-bond acceptors (Lipinski definition) is 6. The smallest absolute Gasteiger partial charge is 0.223 e. The Morgan fingerprint density at radius 2 is 1.81 bits per heavy atom. The monoisotopic (exact) mass is 533 g/mol. The second kappa shape index (κ2) is 9.97. The van der Waals surface area contributed by atoms with Crippen LogP contribution in [0.15, 0.2) is 53.1 Å². The molecule has 4 rings (SSSR count). The normalized spacial score (nSPS) is 11.0. The summed E-state index contributed by atoms with van der Waals surface area (Å²) >= 11 is 16.5. The van der Waals surface area contributed by atoms with Gasteiger partial charge in [-0.05, 0) is 35.9 Å². The molecule has 7 nitrogen and oxygen atoms in total. The maximum Gasteiger partial charge on any atom is 0.223 e. The quantitative estimate of drug-likeness (QED) is 0.261. The fourth-order valence-corrected chi connectivity index (χ4v) is 4.33. The molecule has 4 N–H and O–H groups in total. The predicted octanol–water partition coefficient (Wildman–Crippen LogP) is 5.17. The average molecular weight is 535 g/mol. The number of halogens is 3. The van der Waals surface area contributed by atoms with Crippen LogP contribution >= 0.6 is 39.1 Å². The van der Waals surface area contributed by atoms with Gasteiger partial charge in [-0.2, -0.15) is 0 Å². The molecule has 0 saturated carbocycles. The molecule has 0 aliphatic heterocycles. The SMILES string of the molecule is OCCNc1nccc(-c2[nH]c(-c3c(Cl)cc(CO)cc3Cl)nc2-c2cccc(Br)c2)n1. The number of aromatic amines is 1. The Kier molecular flexibility index (Phi) is 7.07. The fourth-order valence-electron chi connectivity index (χ4n) is 3.22. The third-order valence-corrected chi connectivity index (χ3v) is 5.72. The topological polar surface area (TPSA) is 107 Å². The zero-order valence-electron chi connectivity index (χ0n) is 16.6. The Morgan fingerprint density at radius 3 is 2.50 bits per heavy atom. The summed E-state index contributed by atoms with van der Waals surface area (Å²) in [4.78, 5) is 16.9. The van der Waals surface area contributed by atoms with Gasteiger partial charge in [-0.3, -0.25) is 0 Å². The highest BCUT2D eigenvalue weighted by molar-refractivity contribution is 9.10. The van der Waals surface area contributed by atoms with Crippen LogP contribution in [0.1, 0.15) is 5.56 Å². The zero-order chi connectivity index (χ0) is 22.7. The van der Waals surface area contributed by atoms with Crippen LogP contribution < -0.4 is 5.32 Å². The van der Waals surface area contributed by atoms with Crippen LogP contribution in [-0.4, -0.2) is 43.3 Å². The largest absolute Gasteiger partial charge is 0.395 e. The summed E-state index contributed by atoms with van der Waals surface area (Å²) in [5.74, 6) is 0.856. The molecule has 2 aromatic carbocycles. The van der Waals surface area contributed by atoms with E-state index in [0.29, 0.717) is 56.6 Å². The van der Waals surface area contributed by atoms with Crippen molar-refractivity contribution in [1.82, 2.24) is 19.9 Å². The number of anilines is 1. The highest BCUT2D eigenvalue weighted by atomic mass is 79.9. The van der Waals surface area contributed by atoms with Gasteiger partial charge in [-0.15, -0.1) is 0 Å². The number of aliphatic hydroxyl groups is 2. The molecule has 10 heteroatoms. The van der Waals surface area contributed by atoms with E-state index in [-0.39, 0.29) is 13.2 Å². The minimum atomic E-state index is -0.170. The van der Waals surface area contributed by atoms with Crippen molar-refractivity contribution in [2.75, 3.05) is 18.5 Å². The summed E-state index contributed by atoms with van der Waals surface area (Å²) in [5, 5.41) is 22.2. The van der Waals surface area contributed by atoms with E-state index >= 15 is 0 Å². The first-order valence-corrected chi connectivity index (χ1v) is 11.2. The number of imidazole rings is 1. The number of rotatable bonds is 7. The molecule has 0 spiro atoms. The van der Waals surface area contributed by atoms with Crippen LogP contribution in [0.3, 0.4) is 0 Å². The van der Waals surface area contributed by atoms with E-state index in [4.69, 9.17) is 33.3 Å². The van der Waals surface area contributed by atoms with E-state index in [1.54, 1.807) is 24.4 Å². The molecule has 0 aliphatic carbocycles. The molecule has 0 aliphatic rings. The van der Waals surface area contributed by atoms with Crippen LogP contribution in [0, 0.1) is 0 Å². The van der Waals surface area contributed by atoms with Crippen molar-refractivity contribution < 1.29 is 10.2 Å². The van der Waals surface area contributed by atoms with E-state index in [2.05, 4.69) is 36.2 Å². The second-order valence-corrected chi connectivity index (χ2v) is 8.56. The first kappa shape index (κ1) is 22.7. The molecule has 0 unspecified atom stereocenters. The number of hydrogen-bond donors (Lipinski definition) is 4. The van der Waals surface area contributed by atoms with Gasteiger partial charge in [0.25, 0.3) is 0 Å². The van der Waals surface area contributed by atoms with Crippen molar-refractivity contribution in [1.29, 1.82) is 0 Å². The van der Waals surface area contributed by atoms with Crippen LogP contribution in [0.5, 0.6) is 0 Å². The highest BCUT2D eigenvalue weighted by Crippen LogP contribution is 2.39. The van der Waals surface area contributed by atoms with Crippen molar-refractivity contribution in [2.24, 2.45) is 0 Å². The zero-order valence-corrected chi connectivity index (χ0v) is 19.7. The van der Waals surface area contributed by atoms with E-state index in [0.717, 1.165) is 10.0 Å². The van der Waals surface area contributed by atoms with Crippen LogP contribution in [-0.2, 0) is 6.61 Å². The summed E-state index contributed by atoms with van der Waals surface area (Å²) in [6.07, 6.45) is 1.63. The van der Waals surface area contributed by atoms with E-state index in [1.165, 1.54) is 0 Å². The van der Waals surface area contributed by atoms with Gasteiger partial charge in [0.2, 0.25) is 5.95 Å². The van der Waals surface area contributed by atoms with Gasteiger partial charge in [0.15, 0.2) is 0 Å². The molecule has 0 fully saturated rings. The Balaban J connectivity index is 1.89. The number of nitrogens with zero attached hydrogens (tertiary/aromatic N) is 3. The minimum absolute atomic E-state index is 0.0358. The van der Waals surface area contributed by atoms with Crippen LogP contribution in [0.4, 0.5) is 5.95 Å². The summed E-state index contributed by atoms with van der Waals surface area (Å²) in [6.45, 7) is 0.126. The highest BCUT2D eigenvalue weighted by Gasteiger charge is 2.20. The summed E-state index contributed by atoms with van der Waals surface area (Å²) < 4.78 is 0.904. The first-order valence-electron chi connectivity index (χ1n) is 9.63. The molecule has 0 atom stereocenters. The van der Waals surface area contributed by atoms with E-state index in [9.17, 15) is 5.11 Å². The van der Waals surface area contributed by atoms with Gasteiger partial charge in [-0.25, -0.2) is 15.0 Å². The maximum atomic E-state index is 9.43. The van der Waals surface area contributed by atoms with Gasteiger partial charge >= 0.3 is 0 Å². The van der Waals surface area contributed by atoms with Crippen molar-refractivity contribution in [3.63, 3.8) is 0 Å². The lowest BCUT2D eigenvalue weighted by Crippen LogP contribution is -2.08. The lowest BCUT2D eigenvalue weighted by Gasteiger charge is -2.07. The van der Waals surface area contributed by atoms with Crippen molar-refractivity contribution >= 4 is 45.1 Å². The Bertz CT molecular complexity index is 1240. The summed E-state index contributed by atoms with van der Waals surface area (Å²) in [6, 6.07) is 12.8. The fraction of sp³-hybridized carbons (Fsp3) is 0.136. The minimum Gasteiger partial charge on any atom is -0.395 e. The summed E-state index contributed by atoms with van der Waals surface area (Å²) in [7, 11) is 0. The molecular formula is C22H18BrCl2N5O2. The Morgan fingerprint density at radius 1 is 1.03 bits per heavy atom. The third kappa shape index (κ3) is 4.79. The lowest BCUT2D eigenvalue weighted by molar-refractivity contribution is 0.282. The number of H-pyrrole nitrogens is 1. The van der Waals surface area contributed by atoms with Crippen molar-refractivity contribution in [2.45, 2.75) is 6.61 Å². The van der Waals surface area contributed by atoms with Crippen LogP contribution in [0.25, 0.3) is 34.0 Å². The molecule has 32 heavy (non-hydrogen) atoms. The van der Waals surface area contributed by atoms with Crippen molar-refractivity contribution in [3.8, 4) is 34.0 Å². The molecule has 0 bridgehead atoms. The molecule has 4 aromatic rings. The van der Waals surface area contributed by atoms with Gasteiger partial charge < -0.3 is 20.5 Å². The van der Waals surface area contributed by atoms with Crippen LogP contribution in [0.2, 0.25) is 10.0 Å². The molecule has 0 radical (unpaired) electrons. The molecule has 0 amide bonds. The molecule has 0 saturated heterocycles. The Labute approximate surface area is 202 Å². The maximum absolute atomic E-state index is 9.43. The number of aromatic nitrogens is 4. The second-order valence-electron chi connectivity index (χ2n) is 6.83. The number of aliphatic hydroxyl groups excluding tert-OH is 2. The van der Waals surface area contributed by atoms with Gasteiger partial charge in [0, 0.05) is 22.8 Å². The van der Waals surface area contributed by atoms with Gasteiger partial charge in [0.05, 0.1) is 45.9 Å². The third-order valence-electron chi connectivity index (χ3n) is 4.63.